The summed E-state index contributed by atoms with van der Waals surface area (Å²) in [4.78, 5) is 2.55. The van der Waals surface area contributed by atoms with Crippen molar-refractivity contribution >= 4 is 11.6 Å². The molecule has 2 atom stereocenters. The van der Waals surface area contributed by atoms with E-state index in [4.69, 9.17) is 11.6 Å². The molecule has 3 heteroatoms. The van der Waals surface area contributed by atoms with Crippen LogP contribution in [0.5, 0.6) is 0 Å². The van der Waals surface area contributed by atoms with E-state index in [1.807, 2.05) is 7.05 Å². The Hall–Kier alpha value is -0.0500. The Morgan fingerprint density at radius 2 is 2.43 bits per heavy atom. The average molecular weight is 215 g/mol. The van der Waals surface area contributed by atoms with Crippen LogP contribution >= 0.6 is 11.6 Å². The van der Waals surface area contributed by atoms with Gasteiger partial charge in [0.05, 0.1) is 0 Å². The molecule has 1 saturated carbocycles. The molecule has 0 bridgehead atoms. The summed E-state index contributed by atoms with van der Waals surface area (Å²) >= 11 is 6.07. The lowest BCUT2D eigenvalue weighted by atomic mass is 9.78. The van der Waals surface area contributed by atoms with Crippen molar-refractivity contribution in [3.8, 4) is 0 Å². The van der Waals surface area contributed by atoms with E-state index in [1.165, 1.54) is 19.4 Å². The van der Waals surface area contributed by atoms with Gasteiger partial charge < -0.3 is 5.32 Å². The molecule has 0 aromatic carbocycles. The van der Waals surface area contributed by atoms with E-state index in [2.05, 4.69) is 16.3 Å². The minimum absolute atomic E-state index is 0.782. The lowest BCUT2D eigenvalue weighted by Gasteiger charge is -2.45. The molecule has 1 fully saturated rings. The summed E-state index contributed by atoms with van der Waals surface area (Å²) in [6, 6.07) is 0.782. The van der Waals surface area contributed by atoms with Crippen molar-refractivity contribution in [3.63, 3.8) is 0 Å². The van der Waals surface area contributed by atoms with E-state index in [1.54, 1.807) is 0 Å². The van der Waals surface area contributed by atoms with Crippen LogP contribution in [0.25, 0.3) is 0 Å². The quantitative estimate of drug-likeness (QED) is 0.771. The minimum Gasteiger partial charge on any atom is -0.319 e. The molecule has 0 saturated heterocycles. The van der Waals surface area contributed by atoms with Gasteiger partial charge in [0, 0.05) is 24.2 Å². The Morgan fingerprint density at radius 3 is 3.00 bits per heavy atom. The van der Waals surface area contributed by atoms with Crippen LogP contribution in [0.2, 0.25) is 0 Å². The fourth-order valence-electron chi connectivity index (χ4n) is 2.54. The molecule has 1 aliphatic heterocycles. The third-order valence-electron chi connectivity index (χ3n) is 3.45. The first kappa shape index (κ1) is 10.5. The van der Waals surface area contributed by atoms with Crippen LogP contribution in [0.1, 0.15) is 19.3 Å². The van der Waals surface area contributed by atoms with Gasteiger partial charge in [0.25, 0.3) is 0 Å². The van der Waals surface area contributed by atoms with Crippen molar-refractivity contribution in [2.45, 2.75) is 25.3 Å². The first-order valence-electron chi connectivity index (χ1n) is 5.54. The zero-order valence-electron chi connectivity index (χ0n) is 8.80. The van der Waals surface area contributed by atoms with Crippen molar-refractivity contribution in [2.75, 3.05) is 26.7 Å². The van der Waals surface area contributed by atoms with Gasteiger partial charge in [0.2, 0.25) is 0 Å². The maximum Gasteiger partial charge on any atom is 0.0341 e. The van der Waals surface area contributed by atoms with Crippen LogP contribution in [0.4, 0.5) is 0 Å². The number of nitrogens with one attached hydrogen (secondary N) is 1. The number of nitrogens with zero attached hydrogens (tertiary/aromatic N) is 1. The van der Waals surface area contributed by atoms with Crippen molar-refractivity contribution in [1.82, 2.24) is 10.2 Å². The summed E-state index contributed by atoms with van der Waals surface area (Å²) in [6.45, 7) is 3.33. The minimum atomic E-state index is 0.782. The van der Waals surface area contributed by atoms with Gasteiger partial charge in [-0.25, -0.2) is 0 Å². The maximum absolute atomic E-state index is 6.07. The molecule has 80 valence electrons. The van der Waals surface area contributed by atoms with Gasteiger partial charge in [-0.15, -0.1) is 0 Å². The molecule has 0 aromatic rings. The molecule has 0 spiro atoms. The Bertz CT molecular complexity index is 227. The average Bonchev–Trinajstić information content (AvgIpc) is 2.12. The highest BCUT2D eigenvalue weighted by molar-refractivity contribution is 6.29. The smallest absolute Gasteiger partial charge is 0.0341 e. The summed E-state index contributed by atoms with van der Waals surface area (Å²) in [5.74, 6) is 0.850. The van der Waals surface area contributed by atoms with Crippen LogP contribution in [0.3, 0.4) is 0 Å². The molecular weight excluding hydrogens is 196 g/mol. The third kappa shape index (κ3) is 2.13. The summed E-state index contributed by atoms with van der Waals surface area (Å²) in [7, 11) is 2.04. The Kier molecular flexibility index (Phi) is 3.47. The normalized spacial score (nSPS) is 33.7. The Morgan fingerprint density at radius 1 is 1.57 bits per heavy atom. The maximum atomic E-state index is 6.07. The molecule has 1 aliphatic carbocycles. The molecule has 2 unspecified atom stereocenters. The number of rotatable bonds is 3. The van der Waals surface area contributed by atoms with Gasteiger partial charge in [0.1, 0.15) is 0 Å². The fourth-order valence-corrected chi connectivity index (χ4v) is 2.80. The summed E-state index contributed by atoms with van der Waals surface area (Å²) < 4.78 is 0. The van der Waals surface area contributed by atoms with Crippen molar-refractivity contribution in [1.29, 1.82) is 0 Å². The standard InChI is InChI=1S/C11H19ClN2/c1-13-7-9-4-5-11(9)14-6-2-3-10(12)8-14/h3,9,11,13H,2,4-8H2,1H3. The number of hydrogen-bond donors (Lipinski definition) is 1. The SMILES string of the molecule is CNCC1CCC1N1CCC=C(Cl)C1. The largest absolute Gasteiger partial charge is 0.319 e. The molecule has 1 N–H and O–H groups in total. The second kappa shape index (κ2) is 4.65. The van der Waals surface area contributed by atoms with E-state index >= 15 is 0 Å². The van der Waals surface area contributed by atoms with E-state index < -0.39 is 0 Å². The number of hydrogen-bond acceptors (Lipinski definition) is 2. The Labute approximate surface area is 91.3 Å². The fraction of sp³-hybridized carbons (Fsp3) is 0.818. The van der Waals surface area contributed by atoms with Crippen LogP contribution in [0.15, 0.2) is 11.1 Å². The molecule has 0 amide bonds. The van der Waals surface area contributed by atoms with Crippen LogP contribution in [-0.4, -0.2) is 37.6 Å². The first-order valence-corrected chi connectivity index (χ1v) is 5.92. The van der Waals surface area contributed by atoms with Crippen LogP contribution in [0, 0.1) is 5.92 Å². The van der Waals surface area contributed by atoms with Crippen molar-refractivity contribution in [3.05, 3.63) is 11.1 Å². The molecule has 14 heavy (non-hydrogen) atoms. The zero-order chi connectivity index (χ0) is 9.97. The highest BCUT2D eigenvalue weighted by Crippen LogP contribution is 2.33. The van der Waals surface area contributed by atoms with Gasteiger partial charge in [-0.2, -0.15) is 0 Å². The molecule has 0 aromatic heterocycles. The molecule has 0 radical (unpaired) electrons. The number of halogens is 1. The summed E-state index contributed by atoms with van der Waals surface area (Å²) in [5.41, 5.74) is 0. The molecule has 2 aliphatic rings. The van der Waals surface area contributed by atoms with Gasteiger partial charge >= 0.3 is 0 Å². The lowest BCUT2D eigenvalue weighted by Crippen LogP contribution is -2.51. The molecule has 1 heterocycles. The van der Waals surface area contributed by atoms with Crippen molar-refractivity contribution in [2.24, 2.45) is 5.92 Å². The highest BCUT2D eigenvalue weighted by atomic mass is 35.5. The topological polar surface area (TPSA) is 15.3 Å². The second-order valence-corrected chi connectivity index (χ2v) is 4.86. The molecule has 2 nitrogen and oxygen atoms in total. The summed E-state index contributed by atoms with van der Waals surface area (Å²) in [5, 5.41) is 4.31. The molecular formula is C11H19ClN2. The van der Waals surface area contributed by atoms with Gasteiger partial charge in [-0.3, -0.25) is 4.90 Å². The lowest BCUT2D eigenvalue weighted by molar-refractivity contribution is 0.0699. The summed E-state index contributed by atoms with van der Waals surface area (Å²) in [6.07, 6.45) is 6.02. The van der Waals surface area contributed by atoms with Crippen molar-refractivity contribution < 1.29 is 0 Å². The predicted molar refractivity (Wildman–Crippen MR) is 60.6 cm³/mol. The second-order valence-electron chi connectivity index (χ2n) is 4.37. The highest BCUT2D eigenvalue weighted by Gasteiger charge is 2.35. The van der Waals surface area contributed by atoms with E-state index in [-0.39, 0.29) is 0 Å². The van der Waals surface area contributed by atoms with E-state index in [9.17, 15) is 0 Å². The zero-order valence-corrected chi connectivity index (χ0v) is 9.56. The van der Waals surface area contributed by atoms with Gasteiger partial charge in [-0.05, 0) is 38.8 Å². The Balaban J connectivity index is 1.86. The first-order chi connectivity index (χ1) is 6.81. The predicted octanol–water partition coefficient (Wildman–Crippen LogP) is 1.81. The van der Waals surface area contributed by atoms with E-state index in [0.29, 0.717) is 0 Å². The van der Waals surface area contributed by atoms with E-state index in [0.717, 1.165) is 36.5 Å². The molecule has 2 rings (SSSR count). The van der Waals surface area contributed by atoms with Crippen LogP contribution in [-0.2, 0) is 0 Å². The monoisotopic (exact) mass is 214 g/mol. The van der Waals surface area contributed by atoms with Crippen LogP contribution < -0.4 is 5.32 Å². The van der Waals surface area contributed by atoms with Gasteiger partial charge in [0.15, 0.2) is 0 Å². The third-order valence-corrected chi connectivity index (χ3v) is 3.72. The van der Waals surface area contributed by atoms with Gasteiger partial charge in [-0.1, -0.05) is 17.7 Å².